The van der Waals surface area contributed by atoms with Crippen molar-refractivity contribution < 1.29 is 9.18 Å². The molecule has 1 aromatic heterocycles. The Morgan fingerprint density at radius 3 is 3.00 bits per heavy atom. The number of aromatic nitrogens is 2. The fourth-order valence-electron chi connectivity index (χ4n) is 1.44. The number of carbonyl (C=O) groups is 1. The summed E-state index contributed by atoms with van der Waals surface area (Å²) in [5, 5.41) is 10.3. The van der Waals surface area contributed by atoms with Gasteiger partial charge in [0, 0.05) is 6.54 Å². The van der Waals surface area contributed by atoms with Gasteiger partial charge in [-0.1, -0.05) is 41.3 Å². The van der Waals surface area contributed by atoms with Crippen LogP contribution in [0.25, 0.3) is 0 Å². The second-order valence-electron chi connectivity index (χ2n) is 3.68. The second-order valence-corrected chi connectivity index (χ2v) is 5.74. The first-order valence-corrected chi connectivity index (χ1v) is 7.51. The quantitative estimate of drug-likeness (QED) is 0.830. The highest BCUT2D eigenvalue weighted by molar-refractivity contribution is 8.01. The summed E-state index contributed by atoms with van der Waals surface area (Å²) in [6.45, 7) is 0.427. The fourth-order valence-corrected chi connectivity index (χ4v) is 2.76. The number of carbonyl (C=O) groups excluding carboxylic acids is 1. The maximum atomic E-state index is 13.3. The van der Waals surface area contributed by atoms with Crippen LogP contribution in [0.2, 0.25) is 0 Å². The maximum Gasteiger partial charge on any atom is 0.230 e. The number of halogens is 1. The van der Waals surface area contributed by atoms with Crippen LogP contribution < -0.4 is 5.32 Å². The Bertz CT molecular complexity index is 534. The Labute approximate surface area is 118 Å². The molecule has 0 saturated carbocycles. The van der Waals surface area contributed by atoms with Crippen molar-refractivity contribution in [2.45, 2.75) is 10.8 Å². The average molecular weight is 297 g/mol. The predicted molar refractivity (Wildman–Crippen MR) is 73.7 cm³/mol. The van der Waals surface area contributed by atoms with Gasteiger partial charge < -0.3 is 5.32 Å². The summed E-state index contributed by atoms with van der Waals surface area (Å²) in [4.78, 5) is 11.5. The van der Waals surface area contributed by atoms with E-state index in [0.717, 1.165) is 4.34 Å². The van der Waals surface area contributed by atoms with Gasteiger partial charge in [-0.15, -0.1) is 10.2 Å². The van der Waals surface area contributed by atoms with E-state index in [4.69, 9.17) is 0 Å². The zero-order valence-corrected chi connectivity index (χ0v) is 11.6. The van der Waals surface area contributed by atoms with E-state index in [1.807, 2.05) is 0 Å². The highest BCUT2D eigenvalue weighted by Crippen LogP contribution is 2.18. The van der Waals surface area contributed by atoms with Crippen LogP contribution in [-0.2, 0) is 11.2 Å². The summed E-state index contributed by atoms with van der Waals surface area (Å²) in [7, 11) is 0. The summed E-state index contributed by atoms with van der Waals surface area (Å²) in [5.74, 6) is -0.0246. The lowest BCUT2D eigenvalue weighted by Gasteiger charge is -2.05. The number of rotatable bonds is 6. The summed E-state index contributed by atoms with van der Waals surface area (Å²) in [6.07, 6.45) is 0.488. The van der Waals surface area contributed by atoms with Crippen molar-refractivity contribution in [1.82, 2.24) is 15.5 Å². The van der Waals surface area contributed by atoms with E-state index < -0.39 is 0 Å². The molecule has 4 nitrogen and oxygen atoms in total. The third-order valence-electron chi connectivity index (χ3n) is 2.34. The van der Waals surface area contributed by atoms with Crippen molar-refractivity contribution in [3.05, 3.63) is 41.2 Å². The predicted octanol–water partition coefficient (Wildman–Crippen LogP) is 2.13. The van der Waals surface area contributed by atoms with Crippen LogP contribution in [-0.4, -0.2) is 28.4 Å². The zero-order valence-electron chi connectivity index (χ0n) is 10.0. The number of thioether (sulfide) groups is 1. The topological polar surface area (TPSA) is 54.9 Å². The van der Waals surface area contributed by atoms with Crippen LogP contribution in [0.3, 0.4) is 0 Å². The lowest BCUT2D eigenvalue weighted by molar-refractivity contribution is -0.118. The molecule has 0 radical (unpaired) electrons. The molecule has 0 bridgehead atoms. The molecule has 0 unspecified atom stereocenters. The Kier molecular flexibility index (Phi) is 5.29. The summed E-state index contributed by atoms with van der Waals surface area (Å²) >= 11 is 2.74. The van der Waals surface area contributed by atoms with E-state index >= 15 is 0 Å². The third kappa shape index (κ3) is 4.60. The lowest BCUT2D eigenvalue weighted by atomic mass is 10.1. The zero-order chi connectivity index (χ0) is 13.5. The summed E-state index contributed by atoms with van der Waals surface area (Å²) in [6, 6.07) is 6.57. The first-order valence-electron chi connectivity index (χ1n) is 5.65. The molecular formula is C12H12FN3OS2. The van der Waals surface area contributed by atoms with Crippen molar-refractivity contribution >= 4 is 29.0 Å². The van der Waals surface area contributed by atoms with Gasteiger partial charge in [0.2, 0.25) is 5.91 Å². The first-order chi connectivity index (χ1) is 9.25. The molecule has 2 aromatic rings. The van der Waals surface area contributed by atoms with Crippen LogP contribution in [0.1, 0.15) is 5.56 Å². The fraction of sp³-hybridized carbons (Fsp3) is 0.250. The molecule has 19 heavy (non-hydrogen) atoms. The van der Waals surface area contributed by atoms with E-state index in [9.17, 15) is 9.18 Å². The third-order valence-corrected chi connectivity index (χ3v) is 4.20. The molecule has 0 aliphatic carbocycles. The van der Waals surface area contributed by atoms with Crippen LogP contribution in [0.5, 0.6) is 0 Å². The average Bonchev–Trinajstić information content (AvgIpc) is 2.92. The Morgan fingerprint density at radius 2 is 2.26 bits per heavy atom. The van der Waals surface area contributed by atoms with Gasteiger partial charge in [0.15, 0.2) is 4.34 Å². The standard InChI is InChI=1S/C12H12FN3OS2/c13-10-4-2-1-3-9(10)5-6-14-11(17)7-18-12-16-15-8-19-12/h1-4,8H,5-7H2,(H,14,17). The number of benzene rings is 1. The first kappa shape index (κ1) is 14.0. The molecule has 0 aliphatic rings. The van der Waals surface area contributed by atoms with E-state index in [2.05, 4.69) is 15.5 Å². The van der Waals surface area contributed by atoms with Crippen LogP contribution >= 0.6 is 23.1 Å². The summed E-state index contributed by atoms with van der Waals surface area (Å²) in [5.41, 5.74) is 2.23. The monoisotopic (exact) mass is 297 g/mol. The molecule has 0 aliphatic heterocycles. The molecule has 1 N–H and O–H groups in total. The molecule has 0 fully saturated rings. The van der Waals surface area contributed by atoms with E-state index in [1.165, 1.54) is 29.2 Å². The van der Waals surface area contributed by atoms with Crippen molar-refractivity contribution in [2.75, 3.05) is 12.3 Å². The Hall–Kier alpha value is -1.47. The van der Waals surface area contributed by atoms with Gasteiger partial charge in [-0.25, -0.2) is 4.39 Å². The van der Waals surface area contributed by atoms with Gasteiger partial charge in [0.25, 0.3) is 0 Å². The van der Waals surface area contributed by atoms with Crippen molar-refractivity contribution in [3.8, 4) is 0 Å². The van der Waals surface area contributed by atoms with Crippen molar-refractivity contribution in [1.29, 1.82) is 0 Å². The number of nitrogens with one attached hydrogen (secondary N) is 1. The number of amides is 1. The van der Waals surface area contributed by atoms with Crippen molar-refractivity contribution in [3.63, 3.8) is 0 Å². The van der Waals surface area contributed by atoms with E-state index in [0.29, 0.717) is 24.3 Å². The highest BCUT2D eigenvalue weighted by atomic mass is 32.2. The van der Waals surface area contributed by atoms with Gasteiger partial charge in [0.1, 0.15) is 11.3 Å². The molecule has 1 heterocycles. The smallest absolute Gasteiger partial charge is 0.230 e. The molecule has 1 amide bonds. The lowest BCUT2D eigenvalue weighted by Crippen LogP contribution is -2.27. The molecule has 7 heteroatoms. The number of hydrogen-bond acceptors (Lipinski definition) is 5. The highest BCUT2D eigenvalue weighted by Gasteiger charge is 2.05. The number of hydrogen-bond donors (Lipinski definition) is 1. The summed E-state index contributed by atoms with van der Waals surface area (Å²) < 4.78 is 14.1. The van der Waals surface area contributed by atoms with E-state index in [-0.39, 0.29) is 11.7 Å². The molecule has 0 spiro atoms. The molecule has 0 atom stereocenters. The molecule has 100 valence electrons. The molecule has 1 aromatic carbocycles. The van der Waals surface area contributed by atoms with Crippen molar-refractivity contribution in [2.24, 2.45) is 0 Å². The SMILES string of the molecule is O=C(CSc1nncs1)NCCc1ccccc1F. The minimum atomic E-state index is -0.236. The van der Waals surface area contributed by atoms with Crippen LogP contribution in [0.15, 0.2) is 34.1 Å². The largest absolute Gasteiger partial charge is 0.355 e. The Morgan fingerprint density at radius 1 is 1.42 bits per heavy atom. The molecule has 2 rings (SSSR count). The van der Waals surface area contributed by atoms with Gasteiger partial charge in [0.05, 0.1) is 5.75 Å². The normalized spacial score (nSPS) is 10.4. The van der Waals surface area contributed by atoms with Crippen LogP contribution in [0.4, 0.5) is 4.39 Å². The van der Waals surface area contributed by atoms with E-state index in [1.54, 1.807) is 23.7 Å². The molecule has 0 saturated heterocycles. The second kappa shape index (κ2) is 7.20. The minimum Gasteiger partial charge on any atom is -0.355 e. The van der Waals surface area contributed by atoms with Gasteiger partial charge in [-0.3, -0.25) is 4.79 Å². The molecular weight excluding hydrogens is 285 g/mol. The van der Waals surface area contributed by atoms with Crippen LogP contribution in [0, 0.1) is 5.82 Å². The minimum absolute atomic E-state index is 0.0865. The van der Waals surface area contributed by atoms with Gasteiger partial charge in [-0.05, 0) is 18.1 Å². The van der Waals surface area contributed by atoms with Gasteiger partial charge >= 0.3 is 0 Å². The Balaban J connectivity index is 1.68. The maximum absolute atomic E-state index is 13.3. The number of nitrogens with zero attached hydrogens (tertiary/aromatic N) is 2. The van der Waals surface area contributed by atoms with Gasteiger partial charge in [-0.2, -0.15) is 0 Å².